The predicted octanol–water partition coefficient (Wildman–Crippen LogP) is 4.08. The number of pyridine rings is 1. The molecule has 1 aliphatic heterocycles. The molecule has 14 heteroatoms. The van der Waals surface area contributed by atoms with Gasteiger partial charge in [0.25, 0.3) is 0 Å². The molecule has 6 rings (SSSR count). The third-order valence-corrected chi connectivity index (χ3v) is 7.41. The van der Waals surface area contributed by atoms with Crippen LogP contribution < -0.4 is 10.4 Å². The lowest BCUT2D eigenvalue weighted by atomic mass is 9.94. The molecule has 0 unspecified atom stereocenters. The van der Waals surface area contributed by atoms with Crippen molar-refractivity contribution in [3.8, 4) is 23.0 Å². The number of hydrogen-bond donors (Lipinski definition) is 1. The fraction of sp³-hybridized carbons (Fsp3) is 0.310. The standard InChI is InChI=1S/C29H27F3N8O3/c1-18(41)38-12-8-20(9-13-38)23-10-14-40(37-23)21-6-4-19(5-7-21)16-39-26-24(35-28(39)42)15-34-25(36-26)22-3-2-11-33-27(22)43-17-29(30,31)32/h2-7,10-11,14-15,20H,8-9,12-13,16-17H2,1H3,(H,35,42). The Kier molecular flexibility index (Phi) is 7.42. The predicted molar refractivity (Wildman–Crippen MR) is 150 cm³/mol. The molecule has 5 aromatic rings. The van der Waals surface area contributed by atoms with E-state index in [0.717, 1.165) is 42.9 Å². The number of rotatable bonds is 7. The Labute approximate surface area is 243 Å². The zero-order chi connectivity index (χ0) is 30.1. The molecule has 0 saturated carbocycles. The van der Waals surface area contributed by atoms with Gasteiger partial charge in [0, 0.05) is 38.3 Å². The van der Waals surface area contributed by atoms with Crippen molar-refractivity contribution in [2.45, 2.75) is 38.4 Å². The van der Waals surface area contributed by atoms with Gasteiger partial charge in [-0.2, -0.15) is 18.3 Å². The summed E-state index contributed by atoms with van der Waals surface area (Å²) in [4.78, 5) is 41.6. The summed E-state index contributed by atoms with van der Waals surface area (Å²) in [7, 11) is 0. The van der Waals surface area contributed by atoms with Gasteiger partial charge in [-0.15, -0.1) is 0 Å². The Balaban J connectivity index is 1.20. The van der Waals surface area contributed by atoms with Gasteiger partial charge in [-0.3, -0.25) is 9.36 Å². The molecule has 11 nitrogen and oxygen atoms in total. The molecule has 0 bridgehead atoms. The molecular weight excluding hydrogens is 565 g/mol. The number of alkyl halides is 3. The summed E-state index contributed by atoms with van der Waals surface area (Å²) in [6, 6.07) is 12.6. The van der Waals surface area contributed by atoms with Gasteiger partial charge < -0.3 is 14.6 Å². The van der Waals surface area contributed by atoms with E-state index in [1.54, 1.807) is 11.6 Å². The maximum absolute atomic E-state index is 12.8. The van der Waals surface area contributed by atoms with Crippen LogP contribution in [0.1, 0.15) is 36.9 Å². The molecule has 0 spiro atoms. The quantitative estimate of drug-likeness (QED) is 0.302. The number of H-pyrrole nitrogens is 1. The van der Waals surface area contributed by atoms with Crippen LogP contribution in [0.5, 0.6) is 5.88 Å². The van der Waals surface area contributed by atoms with Crippen molar-refractivity contribution in [1.29, 1.82) is 0 Å². The third-order valence-electron chi connectivity index (χ3n) is 7.41. The van der Waals surface area contributed by atoms with Crippen LogP contribution in [0.3, 0.4) is 0 Å². The highest BCUT2D eigenvalue weighted by Gasteiger charge is 2.29. The monoisotopic (exact) mass is 592 g/mol. The normalized spacial score (nSPS) is 14.4. The van der Waals surface area contributed by atoms with Crippen LogP contribution in [0.15, 0.2) is 65.8 Å². The summed E-state index contributed by atoms with van der Waals surface area (Å²) < 4.78 is 46.3. The maximum Gasteiger partial charge on any atom is 0.422 e. The fourth-order valence-electron chi connectivity index (χ4n) is 5.17. The van der Waals surface area contributed by atoms with E-state index < -0.39 is 18.5 Å². The first kappa shape index (κ1) is 28.1. The summed E-state index contributed by atoms with van der Waals surface area (Å²) in [5.74, 6) is 0.212. The Morgan fingerprint density at radius 2 is 1.86 bits per heavy atom. The van der Waals surface area contributed by atoms with Crippen molar-refractivity contribution in [1.82, 2.24) is 39.2 Å². The Morgan fingerprint density at radius 1 is 1.09 bits per heavy atom. The molecule has 5 heterocycles. The number of hydrogen-bond acceptors (Lipinski definition) is 7. The number of aromatic nitrogens is 7. The van der Waals surface area contributed by atoms with Gasteiger partial charge in [0.05, 0.1) is 29.7 Å². The average Bonchev–Trinajstić information content (AvgIpc) is 3.61. The van der Waals surface area contributed by atoms with Crippen LogP contribution in [-0.4, -0.2) is 71.0 Å². The Hall–Kier alpha value is -5.01. The van der Waals surface area contributed by atoms with Crippen molar-refractivity contribution >= 4 is 17.1 Å². The molecule has 4 aromatic heterocycles. The second kappa shape index (κ2) is 11.3. The molecule has 0 radical (unpaired) electrons. The van der Waals surface area contributed by atoms with Crippen molar-refractivity contribution in [3.05, 3.63) is 82.8 Å². The summed E-state index contributed by atoms with van der Waals surface area (Å²) >= 11 is 0. The van der Waals surface area contributed by atoms with Crippen molar-refractivity contribution in [2.75, 3.05) is 19.7 Å². The van der Waals surface area contributed by atoms with Gasteiger partial charge in [-0.05, 0) is 48.7 Å². The topological polar surface area (TPSA) is 124 Å². The molecule has 0 atom stereocenters. The van der Waals surface area contributed by atoms with Gasteiger partial charge in [0.2, 0.25) is 11.8 Å². The number of imidazole rings is 1. The lowest BCUT2D eigenvalue weighted by molar-refractivity contribution is -0.154. The van der Waals surface area contributed by atoms with Gasteiger partial charge in [0.15, 0.2) is 18.1 Å². The lowest BCUT2D eigenvalue weighted by Crippen LogP contribution is -2.36. The zero-order valence-corrected chi connectivity index (χ0v) is 23.1. The molecule has 1 aromatic carbocycles. The Bertz CT molecular complexity index is 1820. The highest BCUT2D eigenvalue weighted by atomic mass is 19.4. The molecule has 43 heavy (non-hydrogen) atoms. The Morgan fingerprint density at radius 3 is 2.58 bits per heavy atom. The molecule has 1 N–H and O–H groups in total. The number of aromatic amines is 1. The summed E-state index contributed by atoms with van der Waals surface area (Å²) in [6.45, 7) is 1.74. The minimum Gasteiger partial charge on any atom is -0.467 e. The first-order valence-corrected chi connectivity index (χ1v) is 13.7. The number of carbonyl (C=O) groups is 1. The largest absolute Gasteiger partial charge is 0.467 e. The van der Waals surface area contributed by atoms with Gasteiger partial charge in [-0.1, -0.05) is 12.1 Å². The SMILES string of the molecule is CC(=O)N1CCC(c2ccn(-c3ccc(Cn4c(=O)[nH]c5cnc(-c6cccnc6OCC(F)(F)F)nc54)cc3)n2)CC1. The molecule has 1 fully saturated rings. The van der Waals surface area contributed by atoms with E-state index in [1.807, 2.05) is 41.4 Å². The number of benzene rings is 1. The van der Waals surface area contributed by atoms with Gasteiger partial charge in [0.1, 0.15) is 5.52 Å². The van der Waals surface area contributed by atoms with Crippen LogP contribution in [0.4, 0.5) is 13.2 Å². The number of fused-ring (bicyclic) bond motifs is 1. The zero-order valence-electron chi connectivity index (χ0n) is 23.1. The molecule has 222 valence electrons. The molecule has 0 aliphatic carbocycles. The summed E-state index contributed by atoms with van der Waals surface area (Å²) in [5, 5.41) is 4.76. The minimum absolute atomic E-state index is 0.0716. The van der Waals surface area contributed by atoms with E-state index in [-0.39, 0.29) is 35.4 Å². The number of nitrogens with one attached hydrogen (secondary N) is 1. The molecule has 1 amide bonds. The van der Waals surface area contributed by atoms with E-state index in [1.165, 1.54) is 29.1 Å². The number of carbonyl (C=O) groups excluding carboxylic acids is 1. The number of likely N-dealkylation sites (tertiary alicyclic amines) is 1. The number of amides is 1. The van der Waals surface area contributed by atoms with Gasteiger partial charge in [-0.25, -0.2) is 24.4 Å². The number of ether oxygens (including phenoxy) is 1. The summed E-state index contributed by atoms with van der Waals surface area (Å²) in [6.07, 6.45) is 1.84. The van der Waals surface area contributed by atoms with Crippen LogP contribution in [0.2, 0.25) is 0 Å². The number of nitrogens with zero attached hydrogens (tertiary/aromatic N) is 7. The second-order valence-corrected chi connectivity index (χ2v) is 10.3. The third kappa shape index (κ3) is 6.12. The van der Waals surface area contributed by atoms with Crippen LogP contribution >= 0.6 is 0 Å². The maximum atomic E-state index is 12.8. The number of piperidine rings is 1. The summed E-state index contributed by atoms with van der Waals surface area (Å²) in [5.41, 5.74) is 3.11. The van der Waals surface area contributed by atoms with Crippen LogP contribution in [0.25, 0.3) is 28.2 Å². The van der Waals surface area contributed by atoms with E-state index >= 15 is 0 Å². The van der Waals surface area contributed by atoms with E-state index in [2.05, 4.69) is 19.9 Å². The molecule has 1 saturated heterocycles. The van der Waals surface area contributed by atoms with Crippen LogP contribution in [0, 0.1) is 0 Å². The lowest BCUT2D eigenvalue weighted by Gasteiger charge is -2.30. The van der Waals surface area contributed by atoms with Crippen molar-refractivity contribution < 1.29 is 22.7 Å². The number of halogens is 3. The first-order chi connectivity index (χ1) is 20.6. The fourth-order valence-corrected chi connectivity index (χ4v) is 5.17. The average molecular weight is 593 g/mol. The van der Waals surface area contributed by atoms with Gasteiger partial charge >= 0.3 is 11.9 Å². The van der Waals surface area contributed by atoms with Crippen molar-refractivity contribution in [2.24, 2.45) is 0 Å². The van der Waals surface area contributed by atoms with Crippen molar-refractivity contribution in [3.63, 3.8) is 0 Å². The van der Waals surface area contributed by atoms with Crippen LogP contribution in [-0.2, 0) is 11.3 Å². The second-order valence-electron chi connectivity index (χ2n) is 10.3. The molecule has 1 aliphatic rings. The van der Waals surface area contributed by atoms with E-state index in [0.29, 0.717) is 11.4 Å². The molecular formula is C29H27F3N8O3. The highest BCUT2D eigenvalue weighted by molar-refractivity contribution is 5.74. The first-order valence-electron chi connectivity index (χ1n) is 13.7. The highest BCUT2D eigenvalue weighted by Crippen LogP contribution is 2.29. The van der Waals surface area contributed by atoms with E-state index in [4.69, 9.17) is 9.84 Å². The smallest absolute Gasteiger partial charge is 0.422 e. The minimum atomic E-state index is -4.54. The van der Waals surface area contributed by atoms with E-state index in [9.17, 15) is 22.8 Å².